The van der Waals surface area contributed by atoms with E-state index in [4.69, 9.17) is 5.73 Å². The van der Waals surface area contributed by atoms with Crippen LogP contribution in [0.4, 0.5) is 0 Å². The molecule has 2 aromatic carbocycles. The summed E-state index contributed by atoms with van der Waals surface area (Å²) >= 11 is 0. The maximum atomic E-state index is 13.1. The summed E-state index contributed by atoms with van der Waals surface area (Å²) in [6, 6.07) is 13.8. The smallest absolute Gasteiger partial charge is 0.243 e. The lowest BCUT2D eigenvalue weighted by atomic mass is 9.87. The normalized spacial score (nSPS) is 21.0. The van der Waals surface area contributed by atoms with Crippen LogP contribution in [0.1, 0.15) is 48.4 Å². The van der Waals surface area contributed by atoms with Crippen molar-refractivity contribution in [3.05, 3.63) is 65.2 Å². The second kappa shape index (κ2) is 10.2. The number of aryl methyl sites for hydroxylation is 1. The molecular formula is C24H30ClN3O3. The van der Waals surface area contributed by atoms with Crippen molar-refractivity contribution in [2.45, 2.75) is 56.7 Å². The number of phenolic OH excluding ortho intramolecular Hbond substituents is 1. The molecule has 7 heteroatoms. The predicted octanol–water partition coefficient (Wildman–Crippen LogP) is 2.87. The van der Waals surface area contributed by atoms with Crippen LogP contribution in [0, 0.1) is 0 Å². The van der Waals surface area contributed by atoms with Crippen LogP contribution < -0.4 is 11.1 Å². The minimum atomic E-state index is -0.710. The molecule has 0 aromatic heterocycles. The Morgan fingerprint density at radius 2 is 1.84 bits per heavy atom. The standard InChI is InChI=1S/C24H29N3O3.ClH/c25-20(15-16-10-12-18(28)13-11-16)24(30)27-14-4-9-22(27)23(29)26-21-8-3-6-17-5-1-2-7-19(17)21;/h1-2,5,7,10-13,20-22,28H,3-4,6,8-9,14-15,25H2,(H,26,29);1H/t20-,21+,22-;/m0./s1. The third-order valence-electron chi connectivity index (χ3n) is 6.23. The van der Waals surface area contributed by atoms with Crippen molar-refractivity contribution in [1.29, 1.82) is 0 Å². The van der Waals surface area contributed by atoms with Gasteiger partial charge in [-0.25, -0.2) is 0 Å². The fourth-order valence-electron chi connectivity index (χ4n) is 4.66. The first kappa shape index (κ1) is 23.1. The summed E-state index contributed by atoms with van der Waals surface area (Å²) in [6.07, 6.45) is 4.86. The van der Waals surface area contributed by atoms with Gasteiger partial charge in [0.2, 0.25) is 11.8 Å². The summed E-state index contributed by atoms with van der Waals surface area (Å²) < 4.78 is 0. The van der Waals surface area contributed by atoms with Gasteiger partial charge in [0, 0.05) is 6.54 Å². The second-order valence-electron chi connectivity index (χ2n) is 8.32. The van der Waals surface area contributed by atoms with E-state index in [9.17, 15) is 14.7 Å². The zero-order valence-electron chi connectivity index (χ0n) is 17.5. The van der Waals surface area contributed by atoms with E-state index in [0.29, 0.717) is 19.4 Å². The molecule has 31 heavy (non-hydrogen) atoms. The minimum Gasteiger partial charge on any atom is -0.508 e. The summed E-state index contributed by atoms with van der Waals surface area (Å²) in [5.41, 5.74) is 9.56. The molecular weight excluding hydrogens is 414 g/mol. The van der Waals surface area contributed by atoms with Gasteiger partial charge in [0.1, 0.15) is 11.8 Å². The fraction of sp³-hybridized carbons (Fsp3) is 0.417. The summed E-state index contributed by atoms with van der Waals surface area (Å²) in [4.78, 5) is 27.7. The lowest BCUT2D eigenvalue weighted by Gasteiger charge is -2.31. The monoisotopic (exact) mass is 443 g/mol. The van der Waals surface area contributed by atoms with Gasteiger partial charge in [-0.3, -0.25) is 9.59 Å². The topological polar surface area (TPSA) is 95.7 Å². The average molecular weight is 444 g/mol. The first-order valence-corrected chi connectivity index (χ1v) is 10.7. The van der Waals surface area contributed by atoms with Crippen LogP contribution in [0.5, 0.6) is 5.75 Å². The number of aromatic hydroxyl groups is 1. The van der Waals surface area contributed by atoms with Gasteiger partial charge in [-0.05, 0) is 67.3 Å². The number of benzene rings is 2. The summed E-state index contributed by atoms with van der Waals surface area (Å²) in [5.74, 6) is -0.0941. The van der Waals surface area contributed by atoms with Gasteiger partial charge in [-0.15, -0.1) is 12.4 Å². The molecule has 3 atom stereocenters. The third-order valence-corrected chi connectivity index (χ3v) is 6.23. The van der Waals surface area contributed by atoms with Crippen LogP contribution >= 0.6 is 12.4 Å². The zero-order chi connectivity index (χ0) is 21.1. The highest BCUT2D eigenvalue weighted by atomic mass is 35.5. The average Bonchev–Trinajstić information content (AvgIpc) is 3.25. The van der Waals surface area contributed by atoms with Gasteiger partial charge in [0.25, 0.3) is 0 Å². The van der Waals surface area contributed by atoms with Crippen LogP contribution in [-0.4, -0.2) is 40.4 Å². The predicted molar refractivity (Wildman–Crippen MR) is 122 cm³/mol. The Hall–Kier alpha value is -2.57. The Balaban J connectivity index is 0.00000272. The third kappa shape index (κ3) is 5.20. The number of nitrogens with two attached hydrogens (primary N) is 1. The van der Waals surface area contributed by atoms with E-state index in [1.165, 1.54) is 11.1 Å². The highest BCUT2D eigenvalue weighted by Crippen LogP contribution is 2.30. The van der Waals surface area contributed by atoms with E-state index in [-0.39, 0.29) is 36.0 Å². The van der Waals surface area contributed by atoms with Crippen LogP contribution in [0.2, 0.25) is 0 Å². The second-order valence-corrected chi connectivity index (χ2v) is 8.32. The summed E-state index contributed by atoms with van der Waals surface area (Å²) in [7, 11) is 0. The van der Waals surface area contributed by atoms with E-state index < -0.39 is 12.1 Å². The van der Waals surface area contributed by atoms with E-state index in [0.717, 1.165) is 31.2 Å². The Morgan fingerprint density at radius 1 is 1.10 bits per heavy atom. The molecule has 166 valence electrons. The molecule has 1 fully saturated rings. The number of nitrogens with zero attached hydrogens (tertiary/aromatic N) is 1. The molecule has 0 saturated carbocycles. The molecule has 0 bridgehead atoms. The van der Waals surface area contributed by atoms with Crippen LogP contribution in [-0.2, 0) is 22.4 Å². The molecule has 0 radical (unpaired) electrons. The van der Waals surface area contributed by atoms with Gasteiger partial charge < -0.3 is 21.1 Å². The molecule has 1 aliphatic carbocycles. The number of amides is 2. The molecule has 4 rings (SSSR count). The van der Waals surface area contributed by atoms with Gasteiger partial charge in [0.15, 0.2) is 0 Å². The molecule has 2 aromatic rings. The van der Waals surface area contributed by atoms with Crippen molar-refractivity contribution >= 4 is 24.2 Å². The van der Waals surface area contributed by atoms with Crippen molar-refractivity contribution in [3.63, 3.8) is 0 Å². The lowest BCUT2D eigenvalue weighted by molar-refractivity contribution is -0.139. The van der Waals surface area contributed by atoms with Crippen molar-refractivity contribution in [2.24, 2.45) is 5.73 Å². The number of rotatable bonds is 5. The first-order valence-electron chi connectivity index (χ1n) is 10.7. The molecule has 1 heterocycles. The van der Waals surface area contributed by atoms with Crippen molar-refractivity contribution in [3.8, 4) is 5.75 Å². The number of likely N-dealkylation sites (tertiary alicyclic amines) is 1. The zero-order valence-corrected chi connectivity index (χ0v) is 18.3. The highest BCUT2D eigenvalue weighted by molar-refractivity contribution is 5.90. The molecule has 0 unspecified atom stereocenters. The Kier molecular flexibility index (Phi) is 7.57. The van der Waals surface area contributed by atoms with Crippen LogP contribution in [0.15, 0.2) is 48.5 Å². The van der Waals surface area contributed by atoms with Crippen LogP contribution in [0.3, 0.4) is 0 Å². The van der Waals surface area contributed by atoms with E-state index in [1.807, 2.05) is 12.1 Å². The first-order chi connectivity index (χ1) is 14.5. The Labute approximate surface area is 189 Å². The SMILES string of the molecule is Cl.N[C@@H](Cc1ccc(O)cc1)C(=O)N1CCC[C@H]1C(=O)N[C@@H]1CCCc2ccccc21. The number of fused-ring (bicyclic) bond motifs is 1. The van der Waals surface area contributed by atoms with E-state index in [1.54, 1.807) is 29.2 Å². The number of carbonyl (C=O) groups excluding carboxylic acids is 2. The Bertz CT molecular complexity index is 919. The fourth-order valence-corrected chi connectivity index (χ4v) is 4.66. The van der Waals surface area contributed by atoms with E-state index in [2.05, 4.69) is 17.4 Å². The van der Waals surface area contributed by atoms with Crippen molar-refractivity contribution < 1.29 is 14.7 Å². The van der Waals surface area contributed by atoms with Crippen molar-refractivity contribution in [2.75, 3.05) is 6.54 Å². The number of carbonyl (C=O) groups is 2. The number of hydrogen-bond acceptors (Lipinski definition) is 4. The Morgan fingerprint density at radius 3 is 2.61 bits per heavy atom. The van der Waals surface area contributed by atoms with Gasteiger partial charge in [0.05, 0.1) is 12.1 Å². The highest BCUT2D eigenvalue weighted by Gasteiger charge is 2.37. The molecule has 1 saturated heterocycles. The molecule has 2 amide bonds. The molecule has 2 aliphatic rings. The van der Waals surface area contributed by atoms with Crippen molar-refractivity contribution in [1.82, 2.24) is 10.2 Å². The largest absolute Gasteiger partial charge is 0.508 e. The molecule has 1 aliphatic heterocycles. The molecule has 0 spiro atoms. The maximum Gasteiger partial charge on any atom is 0.243 e. The lowest BCUT2D eigenvalue weighted by Crippen LogP contribution is -2.52. The molecule has 6 nitrogen and oxygen atoms in total. The summed E-state index contributed by atoms with van der Waals surface area (Å²) in [6.45, 7) is 0.557. The number of nitrogens with one attached hydrogen (secondary N) is 1. The van der Waals surface area contributed by atoms with E-state index >= 15 is 0 Å². The molecule has 4 N–H and O–H groups in total. The van der Waals surface area contributed by atoms with Gasteiger partial charge in [-0.2, -0.15) is 0 Å². The quantitative estimate of drug-likeness (QED) is 0.662. The number of hydrogen-bond donors (Lipinski definition) is 3. The number of phenols is 1. The van der Waals surface area contributed by atoms with Gasteiger partial charge >= 0.3 is 0 Å². The summed E-state index contributed by atoms with van der Waals surface area (Å²) in [5, 5.41) is 12.6. The van der Waals surface area contributed by atoms with Gasteiger partial charge in [-0.1, -0.05) is 36.4 Å². The number of halogens is 1. The maximum absolute atomic E-state index is 13.1. The minimum absolute atomic E-state index is 0. The van der Waals surface area contributed by atoms with Crippen LogP contribution in [0.25, 0.3) is 0 Å².